The molecule has 0 fully saturated rings. The van der Waals surface area contributed by atoms with Gasteiger partial charge in [0.1, 0.15) is 0 Å². The minimum atomic E-state index is 0.650. The average molecular weight is 296 g/mol. The first-order valence-electron chi connectivity index (χ1n) is 7.71. The lowest BCUT2D eigenvalue weighted by atomic mass is 10.0. The van der Waals surface area contributed by atoms with Crippen LogP contribution in [0.5, 0.6) is 0 Å². The molecule has 0 amide bonds. The number of fused-ring (bicyclic) bond motifs is 2. The summed E-state index contributed by atoms with van der Waals surface area (Å²) in [6.07, 6.45) is 1.20. The zero-order chi connectivity index (χ0) is 14.1. The van der Waals surface area contributed by atoms with Crippen molar-refractivity contribution in [2.45, 2.75) is 17.2 Å². The molecular formula is C18H20N2S. The number of para-hydroxylation sites is 2. The Labute approximate surface area is 130 Å². The lowest BCUT2D eigenvalue weighted by Crippen LogP contribution is -2.29. The number of benzene rings is 2. The van der Waals surface area contributed by atoms with Crippen molar-refractivity contribution in [2.75, 3.05) is 35.6 Å². The molecule has 2 aliphatic heterocycles. The second-order valence-corrected chi connectivity index (χ2v) is 6.85. The van der Waals surface area contributed by atoms with Crippen LogP contribution in [0.3, 0.4) is 0 Å². The van der Waals surface area contributed by atoms with Gasteiger partial charge in [-0.3, -0.25) is 0 Å². The van der Waals surface area contributed by atoms with E-state index < -0.39 is 0 Å². The van der Waals surface area contributed by atoms with Gasteiger partial charge < -0.3 is 10.2 Å². The fourth-order valence-electron chi connectivity index (χ4n) is 3.35. The highest BCUT2D eigenvalue weighted by molar-refractivity contribution is 7.99. The Balaban J connectivity index is 1.61. The Morgan fingerprint density at radius 1 is 1.10 bits per heavy atom. The van der Waals surface area contributed by atoms with E-state index in [2.05, 4.69) is 58.7 Å². The number of nitrogens with zero attached hydrogens (tertiary/aromatic N) is 1. The molecule has 0 saturated carbocycles. The van der Waals surface area contributed by atoms with Crippen LogP contribution in [0.1, 0.15) is 17.9 Å². The summed E-state index contributed by atoms with van der Waals surface area (Å²) in [5.41, 5.74) is 4.19. The van der Waals surface area contributed by atoms with E-state index in [1.165, 1.54) is 34.0 Å². The minimum Gasteiger partial charge on any atom is -0.383 e. The molecule has 0 bridgehead atoms. The second kappa shape index (κ2) is 5.64. The zero-order valence-electron chi connectivity index (χ0n) is 12.1. The van der Waals surface area contributed by atoms with E-state index in [9.17, 15) is 0 Å². The third-order valence-electron chi connectivity index (χ3n) is 4.40. The standard InChI is InChI=1S/C18H20N2S/c1-4-9-18-15(6-1)14(13-21-18)12-20-11-5-10-19-16-7-2-3-8-17(16)20/h1-4,6-9,14,19H,5,10-13H2. The first-order valence-corrected chi connectivity index (χ1v) is 8.70. The third-order valence-corrected chi connectivity index (χ3v) is 5.66. The van der Waals surface area contributed by atoms with Crippen LogP contribution in [0, 0.1) is 0 Å². The highest BCUT2D eigenvalue weighted by Crippen LogP contribution is 2.41. The summed E-state index contributed by atoms with van der Waals surface area (Å²) in [5.74, 6) is 1.86. The van der Waals surface area contributed by atoms with E-state index in [1.807, 2.05) is 11.8 Å². The van der Waals surface area contributed by atoms with Gasteiger partial charge in [0.15, 0.2) is 0 Å². The molecule has 0 radical (unpaired) electrons. The molecule has 2 aliphatic rings. The SMILES string of the molecule is c1ccc2c(c1)NCCCN2CC1CSc2ccccc21. The van der Waals surface area contributed by atoms with Crippen molar-refractivity contribution in [2.24, 2.45) is 0 Å². The van der Waals surface area contributed by atoms with Crippen LogP contribution in [0.15, 0.2) is 53.4 Å². The molecular weight excluding hydrogens is 276 g/mol. The normalized spacial score (nSPS) is 20.4. The number of thioether (sulfide) groups is 1. The molecule has 2 aromatic carbocycles. The van der Waals surface area contributed by atoms with E-state index in [4.69, 9.17) is 0 Å². The van der Waals surface area contributed by atoms with Gasteiger partial charge in [-0.15, -0.1) is 11.8 Å². The maximum Gasteiger partial charge on any atom is 0.0602 e. The summed E-state index contributed by atoms with van der Waals surface area (Å²) in [4.78, 5) is 4.05. The van der Waals surface area contributed by atoms with E-state index >= 15 is 0 Å². The summed E-state index contributed by atoms with van der Waals surface area (Å²) in [7, 11) is 0. The van der Waals surface area contributed by atoms with Crippen molar-refractivity contribution in [1.82, 2.24) is 0 Å². The van der Waals surface area contributed by atoms with E-state index in [0.29, 0.717) is 5.92 Å². The Kier molecular flexibility index (Phi) is 3.52. The highest BCUT2D eigenvalue weighted by Gasteiger charge is 2.26. The second-order valence-electron chi connectivity index (χ2n) is 5.79. The van der Waals surface area contributed by atoms with Gasteiger partial charge in [0.05, 0.1) is 11.4 Å². The lowest BCUT2D eigenvalue weighted by molar-refractivity contribution is 0.686. The fourth-order valence-corrected chi connectivity index (χ4v) is 4.59. The number of nitrogens with one attached hydrogen (secondary N) is 1. The molecule has 1 unspecified atom stereocenters. The van der Waals surface area contributed by atoms with Crippen LogP contribution in [0.4, 0.5) is 11.4 Å². The van der Waals surface area contributed by atoms with Crippen molar-refractivity contribution < 1.29 is 0 Å². The number of hydrogen-bond donors (Lipinski definition) is 1. The molecule has 0 aromatic heterocycles. The molecule has 0 saturated heterocycles. The number of anilines is 2. The summed E-state index contributed by atoms with van der Waals surface area (Å²) < 4.78 is 0. The molecule has 2 heterocycles. The zero-order valence-corrected chi connectivity index (χ0v) is 12.9. The first-order chi connectivity index (χ1) is 10.4. The van der Waals surface area contributed by atoms with Gasteiger partial charge in [0.2, 0.25) is 0 Å². The van der Waals surface area contributed by atoms with Crippen LogP contribution in [0.2, 0.25) is 0 Å². The Morgan fingerprint density at radius 2 is 1.95 bits per heavy atom. The maximum absolute atomic E-state index is 3.55. The average Bonchev–Trinajstić information content (AvgIpc) is 2.82. The summed E-state index contributed by atoms with van der Waals surface area (Å²) in [5, 5.41) is 3.55. The van der Waals surface area contributed by atoms with Crippen LogP contribution < -0.4 is 10.2 Å². The summed E-state index contributed by atoms with van der Waals surface area (Å²) >= 11 is 2.01. The van der Waals surface area contributed by atoms with Gasteiger partial charge in [-0.1, -0.05) is 30.3 Å². The molecule has 2 nitrogen and oxygen atoms in total. The van der Waals surface area contributed by atoms with Gasteiger partial charge in [-0.25, -0.2) is 0 Å². The van der Waals surface area contributed by atoms with Gasteiger partial charge in [0, 0.05) is 36.2 Å². The molecule has 108 valence electrons. The molecule has 1 N–H and O–H groups in total. The topological polar surface area (TPSA) is 15.3 Å². The monoisotopic (exact) mass is 296 g/mol. The Hall–Kier alpha value is -1.61. The molecule has 0 spiro atoms. The molecule has 3 heteroatoms. The predicted octanol–water partition coefficient (Wildman–Crippen LogP) is 4.20. The molecule has 0 aliphatic carbocycles. The highest BCUT2D eigenvalue weighted by atomic mass is 32.2. The number of rotatable bonds is 2. The van der Waals surface area contributed by atoms with Crippen molar-refractivity contribution in [3.63, 3.8) is 0 Å². The lowest BCUT2D eigenvalue weighted by Gasteiger charge is -2.27. The van der Waals surface area contributed by atoms with Gasteiger partial charge in [-0.05, 0) is 30.2 Å². The smallest absolute Gasteiger partial charge is 0.0602 e. The largest absolute Gasteiger partial charge is 0.383 e. The Bertz CT molecular complexity index is 641. The van der Waals surface area contributed by atoms with E-state index in [0.717, 1.165) is 19.6 Å². The Morgan fingerprint density at radius 3 is 2.95 bits per heavy atom. The van der Waals surface area contributed by atoms with Gasteiger partial charge in [0.25, 0.3) is 0 Å². The predicted molar refractivity (Wildman–Crippen MR) is 91.7 cm³/mol. The van der Waals surface area contributed by atoms with Gasteiger partial charge in [-0.2, -0.15) is 0 Å². The molecule has 21 heavy (non-hydrogen) atoms. The quantitative estimate of drug-likeness (QED) is 0.894. The van der Waals surface area contributed by atoms with Crippen LogP contribution in [-0.4, -0.2) is 25.4 Å². The molecule has 4 rings (SSSR count). The van der Waals surface area contributed by atoms with E-state index in [-0.39, 0.29) is 0 Å². The van der Waals surface area contributed by atoms with Gasteiger partial charge >= 0.3 is 0 Å². The molecule has 1 atom stereocenters. The summed E-state index contributed by atoms with van der Waals surface area (Å²) in [6, 6.07) is 17.6. The number of hydrogen-bond acceptors (Lipinski definition) is 3. The third kappa shape index (κ3) is 2.51. The fraction of sp³-hybridized carbons (Fsp3) is 0.333. The molecule has 2 aromatic rings. The van der Waals surface area contributed by atoms with E-state index in [1.54, 1.807) is 0 Å². The van der Waals surface area contributed by atoms with Crippen LogP contribution in [-0.2, 0) is 0 Å². The van der Waals surface area contributed by atoms with Crippen molar-refractivity contribution >= 4 is 23.1 Å². The first kappa shape index (κ1) is 13.1. The van der Waals surface area contributed by atoms with Crippen LogP contribution in [0.25, 0.3) is 0 Å². The van der Waals surface area contributed by atoms with Crippen molar-refractivity contribution in [1.29, 1.82) is 0 Å². The van der Waals surface area contributed by atoms with Crippen molar-refractivity contribution in [3.8, 4) is 0 Å². The maximum atomic E-state index is 3.55. The van der Waals surface area contributed by atoms with Crippen molar-refractivity contribution in [3.05, 3.63) is 54.1 Å². The minimum absolute atomic E-state index is 0.650. The summed E-state index contributed by atoms with van der Waals surface area (Å²) in [6.45, 7) is 3.35. The van der Waals surface area contributed by atoms with Crippen LogP contribution >= 0.6 is 11.8 Å².